The number of primary sulfonamides is 1. The van der Waals surface area contributed by atoms with Crippen LogP contribution in [0.25, 0.3) is 22.3 Å². The molecule has 3 aromatic carbocycles. The van der Waals surface area contributed by atoms with E-state index < -0.39 is 10.0 Å². The zero-order valence-electron chi connectivity index (χ0n) is 13.5. The molecule has 0 saturated heterocycles. The Labute approximate surface area is 149 Å². The van der Waals surface area contributed by atoms with E-state index in [1.807, 2.05) is 0 Å². The van der Waals surface area contributed by atoms with E-state index >= 15 is 0 Å². The molecule has 0 radical (unpaired) electrons. The molecule has 1 heterocycles. The van der Waals surface area contributed by atoms with Crippen LogP contribution < -0.4 is 14.6 Å². The van der Waals surface area contributed by atoms with Gasteiger partial charge < -0.3 is 9.47 Å². The second kappa shape index (κ2) is 6.12. The highest BCUT2D eigenvalue weighted by molar-refractivity contribution is 7.89. The lowest BCUT2D eigenvalue weighted by Crippen LogP contribution is -2.13. The van der Waals surface area contributed by atoms with Crippen molar-refractivity contribution in [2.45, 2.75) is 4.90 Å². The predicted molar refractivity (Wildman–Crippen MR) is 94.8 cm³/mol. The molecule has 0 amide bonds. The number of nitrogens with two attached hydrogens (primary N) is 1. The van der Waals surface area contributed by atoms with Gasteiger partial charge in [0, 0.05) is 5.56 Å². The van der Waals surface area contributed by atoms with Crippen LogP contribution in [0.5, 0.6) is 11.5 Å². The summed E-state index contributed by atoms with van der Waals surface area (Å²) in [5.74, 6) is 0.692. The highest BCUT2D eigenvalue weighted by atomic mass is 32.2. The summed E-state index contributed by atoms with van der Waals surface area (Å²) in [4.78, 5) is 0.00206. The number of hydrogen-bond donors (Lipinski definition) is 1. The largest absolute Gasteiger partial charge is 0.454 e. The lowest BCUT2D eigenvalue weighted by molar-refractivity contribution is 0.174. The molecule has 4 rings (SSSR count). The fourth-order valence-electron chi connectivity index (χ4n) is 2.97. The van der Waals surface area contributed by atoms with Crippen LogP contribution in [0.2, 0.25) is 0 Å². The van der Waals surface area contributed by atoms with Crippen molar-refractivity contribution >= 4 is 10.0 Å². The number of rotatable bonds is 3. The Morgan fingerprint density at radius 3 is 2.12 bits per heavy atom. The summed E-state index contributed by atoms with van der Waals surface area (Å²) in [5, 5.41) is 5.38. The first-order valence-electron chi connectivity index (χ1n) is 7.75. The average molecular weight is 371 g/mol. The quantitative estimate of drug-likeness (QED) is 0.764. The summed E-state index contributed by atoms with van der Waals surface area (Å²) in [6, 6.07) is 15.8. The van der Waals surface area contributed by atoms with Crippen molar-refractivity contribution in [3.63, 3.8) is 0 Å². The van der Waals surface area contributed by atoms with Crippen molar-refractivity contribution in [3.8, 4) is 33.8 Å². The zero-order valence-corrected chi connectivity index (χ0v) is 14.3. The third kappa shape index (κ3) is 2.91. The Balaban J connectivity index is 2.02. The first-order valence-corrected chi connectivity index (χ1v) is 9.30. The van der Waals surface area contributed by atoms with E-state index in [9.17, 15) is 12.8 Å². The van der Waals surface area contributed by atoms with Gasteiger partial charge in [-0.15, -0.1) is 0 Å². The summed E-state index contributed by atoms with van der Waals surface area (Å²) in [6.45, 7) is 0.0818. The Hall–Kier alpha value is -2.90. The number of fused-ring (bicyclic) bond motifs is 1. The van der Waals surface area contributed by atoms with Gasteiger partial charge in [0.15, 0.2) is 11.5 Å². The summed E-state index contributed by atoms with van der Waals surface area (Å²) in [5.41, 5.74) is 2.44. The molecule has 1 aliphatic rings. The van der Waals surface area contributed by atoms with Gasteiger partial charge in [0.25, 0.3) is 0 Å². The van der Waals surface area contributed by atoms with E-state index in [1.165, 1.54) is 18.2 Å². The number of halogens is 1. The molecular formula is C19H14FNO4S. The Morgan fingerprint density at radius 2 is 1.46 bits per heavy atom. The van der Waals surface area contributed by atoms with Gasteiger partial charge in [0.05, 0.1) is 4.90 Å². The number of hydrogen-bond acceptors (Lipinski definition) is 4. The van der Waals surface area contributed by atoms with E-state index in [4.69, 9.17) is 14.6 Å². The van der Waals surface area contributed by atoms with Gasteiger partial charge in [-0.05, 0) is 47.0 Å². The molecule has 0 fully saturated rings. The monoisotopic (exact) mass is 371 g/mol. The van der Waals surface area contributed by atoms with Crippen LogP contribution in [0.15, 0.2) is 65.6 Å². The van der Waals surface area contributed by atoms with Gasteiger partial charge in [-0.2, -0.15) is 0 Å². The van der Waals surface area contributed by atoms with Crippen LogP contribution in [0.4, 0.5) is 4.39 Å². The maximum atomic E-state index is 13.3. The smallest absolute Gasteiger partial charge is 0.238 e. The van der Waals surface area contributed by atoms with Gasteiger partial charge in [-0.25, -0.2) is 17.9 Å². The molecule has 0 aromatic heterocycles. The van der Waals surface area contributed by atoms with Gasteiger partial charge >= 0.3 is 0 Å². The van der Waals surface area contributed by atoms with Crippen LogP contribution in [-0.4, -0.2) is 15.2 Å². The molecule has 0 atom stereocenters. The predicted octanol–water partition coefficient (Wildman–Crippen LogP) is 3.54. The number of ether oxygens (including phenoxy) is 2. The summed E-state index contributed by atoms with van der Waals surface area (Å²) in [6.07, 6.45) is 0. The first kappa shape index (κ1) is 16.6. The fraction of sp³-hybridized carbons (Fsp3) is 0.0526. The normalized spacial score (nSPS) is 13.0. The molecule has 0 spiro atoms. The Morgan fingerprint density at radius 1 is 0.846 bits per heavy atom. The molecule has 0 bridgehead atoms. The van der Waals surface area contributed by atoms with E-state index in [2.05, 4.69) is 0 Å². The summed E-state index contributed by atoms with van der Waals surface area (Å²) >= 11 is 0. The lowest BCUT2D eigenvalue weighted by atomic mass is 9.94. The van der Waals surface area contributed by atoms with E-state index in [-0.39, 0.29) is 17.5 Å². The molecule has 1 aliphatic heterocycles. The highest BCUT2D eigenvalue weighted by Gasteiger charge is 2.22. The molecule has 7 heteroatoms. The molecule has 0 unspecified atom stereocenters. The third-order valence-corrected chi connectivity index (χ3v) is 5.12. The fourth-order valence-corrected chi connectivity index (χ4v) is 3.72. The lowest BCUT2D eigenvalue weighted by Gasteiger charge is -2.14. The molecular weight excluding hydrogens is 357 g/mol. The second-order valence-corrected chi connectivity index (χ2v) is 7.33. The summed E-state index contributed by atoms with van der Waals surface area (Å²) in [7, 11) is -3.93. The molecule has 132 valence electrons. The summed E-state index contributed by atoms with van der Waals surface area (Å²) < 4.78 is 48.2. The van der Waals surface area contributed by atoms with Crippen molar-refractivity contribution in [1.29, 1.82) is 0 Å². The molecule has 2 N–H and O–H groups in total. The van der Waals surface area contributed by atoms with Crippen molar-refractivity contribution in [2.24, 2.45) is 5.14 Å². The Bertz CT molecular complexity index is 1100. The van der Waals surface area contributed by atoms with Gasteiger partial charge in [0.2, 0.25) is 16.8 Å². The van der Waals surface area contributed by atoms with E-state index in [1.54, 1.807) is 42.5 Å². The standard InChI is InChI=1S/C19H14FNO4S/c20-13-7-5-12(6-8-13)15-9-17-18(25-11-24-17)10-16(15)14-3-1-2-4-19(14)26(21,22)23/h1-10H,11H2,(H2,21,22,23). The van der Waals surface area contributed by atoms with Crippen molar-refractivity contribution in [2.75, 3.05) is 6.79 Å². The van der Waals surface area contributed by atoms with Gasteiger partial charge in [-0.1, -0.05) is 30.3 Å². The first-order chi connectivity index (χ1) is 12.4. The van der Waals surface area contributed by atoms with Crippen molar-refractivity contribution < 1.29 is 22.3 Å². The van der Waals surface area contributed by atoms with Crippen LogP contribution in [0.1, 0.15) is 0 Å². The van der Waals surface area contributed by atoms with Crippen LogP contribution in [-0.2, 0) is 10.0 Å². The van der Waals surface area contributed by atoms with Crippen LogP contribution in [0.3, 0.4) is 0 Å². The van der Waals surface area contributed by atoms with Gasteiger partial charge in [0.1, 0.15) is 5.82 Å². The van der Waals surface area contributed by atoms with Crippen LogP contribution >= 0.6 is 0 Å². The Kier molecular flexibility index (Phi) is 3.90. The molecule has 0 aliphatic carbocycles. The minimum atomic E-state index is -3.93. The third-order valence-electron chi connectivity index (χ3n) is 4.15. The minimum Gasteiger partial charge on any atom is -0.454 e. The van der Waals surface area contributed by atoms with Crippen molar-refractivity contribution in [1.82, 2.24) is 0 Å². The SMILES string of the molecule is NS(=O)(=O)c1ccccc1-c1cc2c(cc1-c1ccc(F)cc1)OCO2. The van der Waals surface area contributed by atoms with Crippen LogP contribution in [0, 0.1) is 5.82 Å². The highest BCUT2D eigenvalue weighted by Crippen LogP contribution is 2.44. The maximum Gasteiger partial charge on any atom is 0.238 e. The molecule has 5 nitrogen and oxygen atoms in total. The number of benzene rings is 3. The van der Waals surface area contributed by atoms with E-state index in [0.29, 0.717) is 33.8 Å². The number of sulfonamides is 1. The zero-order chi connectivity index (χ0) is 18.3. The molecule has 3 aromatic rings. The minimum absolute atomic E-state index is 0.00206. The van der Waals surface area contributed by atoms with Gasteiger partial charge in [-0.3, -0.25) is 0 Å². The molecule has 0 saturated carbocycles. The van der Waals surface area contributed by atoms with Crippen molar-refractivity contribution in [3.05, 3.63) is 66.5 Å². The molecule has 26 heavy (non-hydrogen) atoms. The second-order valence-electron chi connectivity index (χ2n) is 5.80. The maximum absolute atomic E-state index is 13.3. The van der Waals surface area contributed by atoms with E-state index in [0.717, 1.165) is 0 Å². The average Bonchev–Trinajstić information content (AvgIpc) is 3.08. The topological polar surface area (TPSA) is 78.6 Å².